The average Bonchev–Trinajstić information content (AvgIpc) is 2.91. The van der Waals surface area contributed by atoms with Crippen LogP contribution in [0.4, 0.5) is 0 Å². The normalized spacial score (nSPS) is 15.7. The Morgan fingerprint density at radius 2 is 0.722 bits per heavy atom. The molecule has 1 saturated carbocycles. The third-order valence-corrected chi connectivity index (χ3v) is 9.30. The second-order valence-corrected chi connectivity index (χ2v) is 10.9. The first-order valence-electron chi connectivity index (χ1n) is 13.2. The molecule has 0 heteroatoms. The standard InChI is InChI=1S/C36H24/c1-4-22-8-10-26-14-18-30(28-16-12-24(6-1)32(22)34(26)28)36(20-3-21-36)31-19-15-27-11-9-23-5-2-7-25-13-17-29(31)35(27)33(23)25/h1-2,4-19H,3,20-21H2. The van der Waals surface area contributed by atoms with Crippen LogP contribution in [0.3, 0.4) is 0 Å². The molecule has 1 fully saturated rings. The van der Waals surface area contributed by atoms with Crippen LogP contribution in [-0.2, 0) is 5.41 Å². The predicted molar refractivity (Wildman–Crippen MR) is 155 cm³/mol. The van der Waals surface area contributed by atoms with Crippen LogP contribution in [0.15, 0.2) is 109 Å². The van der Waals surface area contributed by atoms with Gasteiger partial charge < -0.3 is 0 Å². The van der Waals surface area contributed by atoms with Crippen LogP contribution in [0.2, 0.25) is 0 Å². The molecule has 0 radical (unpaired) electrons. The lowest BCUT2D eigenvalue weighted by atomic mass is 9.58. The molecule has 0 nitrogen and oxygen atoms in total. The van der Waals surface area contributed by atoms with Gasteiger partial charge in [0.1, 0.15) is 0 Å². The zero-order valence-electron chi connectivity index (χ0n) is 20.0. The maximum Gasteiger partial charge on any atom is 0.0215 e. The predicted octanol–water partition coefficient (Wildman–Crippen LogP) is 9.95. The lowest BCUT2D eigenvalue weighted by Crippen LogP contribution is -2.36. The smallest absolute Gasteiger partial charge is 0.0215 e. The Labute approximate surface area is 209 Å². The highest BCUT2D eigenvalue weighted by Gasteiger charge is 2.42. The van der Waals surface area contributed by atoms with Gasteiger partial charge in [0.25, 0.3) is 0 Å². The van der Waals surface area contributed by atoms with Gasteiger partial charge >= 0.3 is 0 Å². The van der Waals surface area contributed by atoms with E-state index < -0.39 is 0 Å². The highest BCUT2D eigenvalue weighted by atomic mass is 14.5. The van der Waals surface area contributed by atoms with E-state index >= 15 is 0 Å². The first-order chi connectivity index (χ1) is 17.8. The molecule has 0 aromatic heterocycles. The van der Waals surface area contributed by atoms with Crippen molar-refractivity contribution >= 4 is 64.6 Å². The largest absolute Gasteiger partial charge is 0.0610 e. The average molecular weight is 457 g/mol. The lowest BCUT2D eigenvalue weighted by Gasteiger charge is -2.45. The molecule has 168 valence electrons. The van der Waals surface area contributed by atoms with Gasteiger partial charge in [-0.25, -0.2) is 0 Å². The van der Waals surface area contributed by atoms with Crippen LogP contribution >= 0.6 is 0 Å². The molecule has 0 heterocycles. The van der Waals surface area contributed by atoms with Crippen molar-refractivity contribution in [2.24, 2.45) is 0 Å². The molecular formula is C36H24. The Bertz CT molecular complexity index is 1940. The van der Waals surface area contributed by atoms with Gasteiger partial charge in [-0.3, -0.25) is 0 Å². The van der Waals surface area contributed by atoms with Crippen molar-refractivity contribution in [3.8, 4) is 0 Å². The van der Waals surface area contributed by atoms with Crippen molar-refractivity contribution in [3.63, 3.8) is 0 Å². The van der Waals surface area contributed by atoms with Crippen molar-refractivity contribution < 1.29 is 0 Å². The molecule has 0 N–H and O–H groups in total. The minimum absolute atomic E-state index is 0.0601. The quantitative estimate of drug-likeness (QED) is 0.227. The molecule has 0 unspecified atom stereocenters. The fourth-order valence-electron chi connectivity index (χ4n) is 7.52. The summed E-state index contributed by atoms with van der Waals surface area (Å²) >= 11 is 0. The Kier molecular flexibility index (Phi) is 3.46. The molecule has 9 rings (SSSR count). The molecule has 1 aliphatic rings. The monoisotopic (exact) mass is 456 g/mol. The summed E-state index contributed by atoms with van der Waals surface area (Å²) in [7, 11) is 0. The summed E-state index contributed by atoms with van der Waals surface area (Å²) in [5, 5.41) is 16.6. The lowest BCUT2D eigenvalue weighted by molar-refractivity contribution is 0.306. The minimum Gasteiger partial charge on any atom is -0.0610 e. The van der Waals surface area contributed by atoms with Gasteiger partial charge in [-0.15, -0.1) is 0 Å². The van der Waals surface area contributed by atoms with Crippen LogP contribution in [0.25, 0.3) is 64.6 Å². The van der Waals surface area contributed by atoms with E-state index in [0.29, 0.717) is 0 Å². The van der Waals surface area contributed by atoms with Gasteiger partial charge in [-0.1, -0.05) is 116 Å². The van der Waals surface area contributed by atoms with Crippen molar-refractivity contribution in [2.75, 3.05) is 0 Å². The van der Waals surface area contributed by atoms with Crippen LogP contribution < -0.4 is 0 Å². The van der Waals surface area contributed by atoms with Crippen LogP contribution in [0, 0.1) is 0 Å². The van der Waals surface area contributed by atoms with E-state index in [9.17, 15) is 0 Å². The highest BCUT2D eigenvalue weighted by Crippen LogP contribution is 2.54. The number of rotatable bonds is 2. The third-order valence-electron chi connectivity index (χ3n) is 9.30. The summed E-state index contributed by atoms with van der Waals surface area (Å²) in [6, 6.07) is 41.7. The van der Waals surface area contributed by atoms with Crippen LogP contribution in [0.5, 0.6) is 0 Å². The molecule has 8 aromatic rings. The first-order valence-corrected chi connectivity index (χ1v) is 13.2. The van der Waals surface area contributed by atoms with Gasteiger partial charge in [-0.05, 0) is 88.6 Å². The van der Waals surface area contributed by atoms with Crippen molar-refractivity contribution in [3.05, 3.63) is 120 Å². The Morgan fingerprint density at radius 1 is 0.361 bits per heavy atom. The van der Waals surface area contributed by atoms with Gasteiger partial charge in [0.15, 0.2) is 0 Å². The van der Waals surface area contributed by atoms with Gasteiger partial charge in [0.05, 0.1) is 0 Å². The first kappa shape index (κ1) is 19.1. The zero-order chi connectivity index (χ0) is 23.4. The Morgan fingerprint density at radius 3 is 1.11 bits per heavy atom. The topological polar surface area (TPSA) is 0 Å². The molecule has 0 atom stereocenters. The molecule has 8 aromatic carbocycles. The molecular weight excluding hydrogens is 432 g/mol. The summed E-state index contributed by atoms with van der Waals surface area (Å²) in [6.45, 7) is 0. The Balaban J connectivity index is 1.41. The molecule has 0 aliphatic heterocycles. The molecule has 0 saturated heterocycles. The highest BCUT2D eigenvalue weighted by molar-refractivity contribution is 6.25. The third kappa shape index (κ3) is 2.22. The molecule has 0 amide bonds. The van der Waals surface area contributed by atoms with E-state index in [1.165, 1.54) is 95.0 Å². The zero-order valence-corrected chi connectivity index (χ0v) is 20.0. The van der Waals surface area contributed by atoms with Gasteiger partial charge in [0, 0.05) is 5.41 Å². The second-order valence-electron chi connectivity index (χ2n) is 10.9. The summed E-state index contributed by atoms with van der Waals surface area (Å²) in [5.74, 6) is 0. The van der Waals surface area contributed by atoms with Crippen molar-refractivity contribution in [1.29, 1.82) is 0 Å². The summed E-state index contributed by atoms with van der Waals surface area (Å²) in [6.07, 6.45) is 3.70. The maximum absolute atomic E-state index is 2.44. The fourth-order valence-corrected chi connectivity index (χ4v) is 7.52. The Hall–Kier alpha value is -4.16. The van der Waals surface area contributed by atoms with Crippen LogP contribution in [-0.4, -0.2) is 0 Å². The molecule has 0 spiro atoms. The summed E-state index contributed by atoms with van der Waals surface area (Å²) in [5.41, 5.74) is 3.08. The van der Waals surface area contributed by atoms with Gasteiger partial charge in [0.2, 0.25) is 0 Å². The SMILES string of the molecule is c1cc2ccc3ccc(C4(c5ccc6ccc7cccc8ccc5c6c78)CCC4)c4ccc(c1)c2c34. The van der Waals surface area contributed by atoms with E-state index in [0.717, 1.165) is 0 Å². The minimum atomic E-state index is 0.0601. The van der Waals surface area contributed by atoms with Gasteiger partial charge in [-0.2, -0.15) is 0 Å². The second kappa shape index (κ2) is 6.53. The van der Waals surface area contributed by atoms with Crippen molar-refractivity contribution in [2.45, 2.75) is 24.7 Å². The van der Waals surface area contributed by atoms with E-state index in [4.69, 9.17) is 0 Å². The van der Waals surface area contributed by atoms with E-state index in [1.54, 1.807) is 0 Å². The van der Waals surface area contributed by atoms with Crippen molar-refractivity contribution in [1.82, 2.24) is 0 Å². The number of hydrogen-bond acceptors (Lipinski definition) is 0. The molecule has 0 bridgehead atoms. The number of hydrogen-bond donors (Lipinski definition) is 0. The summed E-state index contributed by atoms with van der Waals surface area (Å²) < 4.78 is 0. The van der Waals surface area contributed by atoms with E-state index in [-0.39, 0.29) is 5.41 Å². The number of benzene rings is 8. The van der Waals surface area contributed by atoms with E-state index in [2.05, 4.69) is 109 Å². The molecule has 36 heavy (non-hydrogen) atoms. The summed E-state index contributed by atoms with van der Waals surface area (Å²) in [4.78, 5) is 0. The maximum atomic E-state index is 2.44. The fraction of sp³-hybridized carbons (Fsp3) is 0.111. The van der Waals surface area contributed by atoms with E-state index in [1.807, 2.05) is 0 Å². The molecule has 1 aliphatic carbocycles. The van der Waals surface area contributed by atoms with Crippen LogP contribution in [0.1, 0.15) is 30.4 Å².